The van der Waals surface area contributed by atoms with Crippen molar-refractivity contribution in [2.75, 3.05) is 12.4 Å². The number of hydrogen-bond acceptors (Lipinski definition) is 2. The summed E-state index contributed by atoms with van der Waals surface area (Å²) in [7, 11) is 1.86. The van der Waals surface area contributed by atoms with Crippen LogP contribution < -0.4 is 5.32 Å². The molecule has 4 nitrogen and oxygen atoms in total. The number of amides is 2. The van der Waals surface area contributed by atoms with Gasteiger partial charge in [0.25, 0.3) is 5.91 Å². The van der Waals surface area contributed by atoms with Gasteiger partial charge in [-0.15, -0.1) is 0 Å². The van der Waals surface area contributed by atoms with Crippen molar-refractivity contribution in [1.29, 1.82) is 0 Å². The summed E-state index contributed by atoms with van der Waals surface area (Å²) in [5, 5.41) is 2.93. The summed E-state index contributed by atoms with van der Waals surface area (Å²) in [6.45, 7) is 2.02. The molecule has 2 atom stereocenters. The second-order valence-corrected chi connectivity index (χ2v) is 7.05. The Morgan fingerprint density at radius 1 is 1.07 bits per heavy atom. The van der Waals surface area contributed by atoms with Crippen molar-refractivity contribution in [3.63, 3.8) is 0 Å². The van der Waals surface area contributed by atoms with Gasteiger partial charge in [0.15, 0.2) is 0 Å². The fourth-order valence-corrected chi connectivity index (χ4v) is 3.39. The maximum atomic E-state index is 12.8. The predicted molar refractivity (Wildman–Crippen MR) is 109 cm³/mol. The van der Waals surface area contributed by atoms with Gasteiger partial charge in [0.05, 0.1) is 6.04 Å². The number of anilines is 1. The lowest BCUT2D eigenvalue weighted by molar-refractivity contribution is -0.136. The minimum absolute atomic E-state index is 0.0583. The van der Waals surface area contributed by atoms with E-state index in [-0.39, 0.29) is 23.8 Å². The monoisotopic (exact) mass is 362 g/mol. The van der Waals surface area contributed by atoms with Gasteiger partial charge in [-0.2, -0.15) is 0 Å². The molecule has 1 aliphatic rings. The molecular weight excluding hydrogens is 336 g/mol. The molecule has 1 N–H and O–H groups in total. The van der Waals surface area contributed by atoms with Crippen molar-refractivity contribution in [3.05, 3.63) is 77.9 Å². The highest BCUT2D eigenvalue weighted by atomic mass is 16.2. The van der Waals surface area contributed by atoms with Crippen LogP contribution in [0.15, 0.2) is 66.7 Å². The molecular formula is C23H26N2O2. The molecule has 0 spiro atoms. The van der Waals surface area contributed by atoms with Crippen molar-refractivity contribution < 1.29 is 9.59 Å². The van der Waals surface area contributed by atoms with Crippen LogP contribution in [0.4, 0.5) is 5.69 Å². The lowest BCUT2D eigenvalue weighted by atomic mass is 9.92. The highest BCUT2D eigenvalue weighted by Gasteiger charge is 2.25. The number of nitrogens with zero attached hydrogens (tertiary/aromatic N) is 1. The molecule has 1 aliphatic carbocycles. The number of carbonyl (C=O) groups is 2. The molecule has 2 amide bonds. The fourth-order valence-electron chi connectivity index (χ4n) is 3.39. The second-order valence-electron chi connectivity index (χ2n) is 7.05. The Labute approximate surface area is 160 Å². The lowest BCUT2D eigenvalue weighted by Gasteiger charge is -2.30. The lowest BCUT2D eigenvalue weighted by Crippen LogP contribution is -2.35. The maximum absolute atomic E-state index is 12.8. The van der Waals surface area contributed by atoms with E-state index >= 15 is 0 Å². The van der Waals surface area contributed by atoms with Crippen LogP contribution in [-0.2, 0) is 4.79 Å². The third-order valence-electron chi connectivity index (χ3n) is 5.21. The van der Waals surface area contributed by atoms with Crippen LogP contribution in [0, 0.1) is 5.92 Å². The Balaban J connectivity index is 1.69. The van der Waals surface area contributed by atoms with Crippen molar-refractivity contribution in [3.8, 4) is 0 Å². The van der Waals surface area contributed by atoms with Crippen LogP contribution >= 0.6 is 0 Å². The molecule has 0 saturated heterocycles. The number of rotatable bonds is 5. The molecule has 2 aromatic rings. The van der Waals surface area contributed by atoms with Crippen molar-refractivity contribution >= 4 is 17.5 Å². The van der Waals surface area contributed by atoms with Gasteiger partial charge in [-0.25, -0.2) is 0 Å². The van der Waals surface area contributed by atoms with Crippen molar-refractivity contribution in [2.45, 2.75) is 32.2 Å². The summed E-state index contributed by atoms with van der Waals surface area (Å²) in [6.07, 6.45) is 6.96. The van der Waals surface area contributed by atoms with Gasteiger partial charge in [-0.05, 0) is 56.0 Å². The van der Waals surface area contributed by atoms with Gasteiger partial charge in [0, 0.05) is 24.2 Å². The third kappa shape index (κ3) is 4.64. The average Bonchev–Trinajstić information content (AvgIpc) is 2.73. The zero-order chi connectivity index (χ0) is 19.2. The van der Waals surface area contributed by atoms with E-state index in [0.29, 0.717) is 5.56 Å². The minimum atomic E-state index is -0.140. The van der Waals surface area contributed by atoms with E-state index in [0.717, 1.165) is 30.5 Å². The van der Waals surface area contributed by atoms with Crippen LogP contribution in [0.5, 0.6) is 0 Å². The van der Waals surface area contributed by atoms with E-state index in [4.69, 9.17) is 0 Å². The standard InChI is InChI=1S/C23H26N2O2/c1-17(25(2)23(27)19-12-7-4-8-13-19)20-14-9-15-21(16-20)24-22(26)18-10-5-3-6-11-18/h3-7,9-11,14-17,19H,8,12-13H2,1-2H3,(H,24,26). The number of hydrogen-bond donors (Lipinski definition) is 1. The Bertz CT molecular complexity index is 829. The van der Waals surface area contributed by atoms with E-state index in [9.17, 15) is 9.59 Å². The van der Waals surface area contributed by atoms with Gasteiger partial charge in [-0.3, -0.25) is 9.59 Å². The first-order chi connectivity index (χ1) is 13.1. The Morgan fingerprint density at radius 3 is 2.56 bits per heavy atom. The van der Waals surface area contributed by atoms with Crippen LogP contribution in [0.25, 0.3) is 0 Å². The first-order valence-corrected chi connectivity index (χ1v) is 9.44. The summed E-state index contributed by atoms with van der Waals surface area (Å²) in [5.41, 5.74) is 2.35. The first-order valence-electron chi connectivity index (χ1n) is 9.44. The number of benzene rings is 2. The molecule has 27 heavy (non-hydrogen) atoms. The molecule has 0 heterocycles. The van der Waals surface area contributed by atoms with Gasteiger partial charge in [0.1, 0.15) is 0 Å². The van der Waals surface area contributed by atoms with Crippen molar-refractivity contribution in [1.82, 2.24) is 4.90 Å². The first kappa shape index (κ1) is 18.9. The SMILES string of the molecule is CC(c1cccc(NC(=O)c2ccccc2)c1)N(C)C(=O)C1CC=CCC1. The molecule has 0 aliphatic heterocycles. The number of allylic oxidation sites excluding steroid dienone is 2. The molecule has 0 bridgehead atoms. The quantitative estimate of drug-likeness (QED) is 0.776. The molecule has 0 saturated carbocycles. The normalized spacial score (nSPS) is 17.2. The molecule has 0 radical (unpaired) electrons. The van der Waals surface area contributed by atoms with Crippen molar-refractivity contribution in [2.24, 2.45) is 5.92 Å². The Hall–Kier alpha value is -2.88. The summed E-state index contributed by atoms with van der Waals surface area (Å²) >= 11 is 0. The zero-order valence-corrected chi connectivity index (χ0v) is 15.9. The molecule has 2 unspecified atom stereocenters. The summed E-state index contributed by atoms with van der Waals surface area (Å²) in [5.74, 6) is 0.118. The zero-order valence-electron chi connectivity index (χ0n) is 15.9. The Morgan fingerprint density at radius 2 is 1.85 bits per heavy atom. The van der Waals surface area contributed by atoms with Crippen LogP contribution in [-0.4, -0.2) is 23.8 Å². The van der Waals surface area contributed by atoms with E-state index in [1.807, 2.05) is 61.3 Å². The van der Waals surface area contributed by atoms with Gasteiger partial charge in [0.2, 0.25) is 5.91 Å². The van der Waals surface area contributed by atoms with E-state index < -0.39 is 0 Å². The van der Waals surface area contributed by atoms with Crippen LogP contribution in [0.1, 0.15) is 48.1 Å². The van der Waals surface area contributed by atoms with Crippen LogP contribution in [0.3, 0.4) is 0 Å². The highest BCUT2D eigenvalue weighted by Crippen LogP contribution is 2.27. The minimum Gasteiger partial charge on any atom is -0.339 e. The smallest absolute Gasteiger partial charge is 0.255 e. The number of carbonyl (C=O) groups excluding carboxylic acids is 2. The van der Waals surface area contributed by atoms with E-state index in [1.54, 1.807) is 12.1 Å². The summed E-state index contributed by atoms with van der Waals surface area (Å²) in [4.78, 5) is 27.0. The van der Waals surface area contributed by atoms with E-state index in [2.05, 4.69) is 17.5 Å². The molecule has 0 aromatic heterocycles. The van der Waals surface area contributed by atoms with Crippen LogP contribution in [0.2, 0.25) is 0 Å². The third-order valence-corrected chi connectivity index (χ3v) is 5.21. The molecule has 0 fully saturated rings. The van der Waals surface area contributed by atoms with Gasteiger partial charge in [-0.1, -0.05) is 42.5 Å². The Kier molecular flexibility index (Phi) is 6.07. The second kappa shape index (κ2) is 8.67. The molecule has 4 heteroatoms. The van der Waals surface area contributed by atoms with Gasteiger partial charge < -0.3 is 10.2 Å². The largest absolute Gasteiger partial charge is 0.339 e. The summed E-state index contributed by atoms with van der Waals surface area (Å²) in [6, 6.07) is 16.8. The average molecular weight is 362 g/mol. The van der Waals surface area contributed by atoms with E-state index in [1.165, 1.54) is 0 Å². The topological polar surface area (TPSA) is 49.4 Å². The summed E-state index contributed by atoms with van der Waals surface area (Å²) < 4.78 is 0. The maximum Gasteiger partial charge on any atom is 0.255 e. The fraction of sp³-hybridized carbons (Fsp3) is 0.304. The number of nitrogens with one attached hydrogen (secondary N) is 1. The predicted octanol–water partition coefficient (Wildman–Crippen LogP) is 4.81. The van der Waals surface area contributed by atoms with Gasteiger partial charge >= 0.3 is 0 Å². The highest BCUT2D eigenvalue weighted by molar-refractivity contribution is 6.04. The molecule has 140 valence electrons. The molecule has 3 rings (SSSR count). The molecule has 2 aromatic carbocycles.